The van der Waals surface area contributed by atoms with Crippen LogP contribution >= 0.6 is 0 Å². The van der Waals surface area contributed by atoms with E-state index in [9.17, 15) is 22.4 Å². The van der Waals surface area contributed by atoms with Crippen molar-refractivity contribution in [2.24, 2.45) is 5.92 Å². The number of amides is 1. The molecule has 2 aromatic heterocycles. The first-order valence-electron chi connectivity index (χ1n) is 9.86. The van der Waals surface area contributed by atoms with Gasteiger partial charge in [-0.15, -0.1) is 0 Å². The number of fused-ring (bicyclic) bond motifs is 1. The number of pyridine rings is 1. The van der Waals surface area contributed by atoms with E-state index in [0.717, 1.165) is 6.07 Å². The van der Waals surface area contributed by atoms with E-state index < -0.39 is 29.1 Å². The van der Waals surface area contributed by atoms with Gasteiger partial charge >= 0.3 is 6.18 Å². The molecule has 0 spiro atoms. The molecule has 5 nitrogen and oxygen atoms in total. The molecule has 1 atom stereocenters. The first-order chi connectivity index (χ1) is 14.4. The molecular formula is C22H24F4N4O. The fraction of sp³-hybridized carbons (Fsp3) is 0.409. The number of aryl methyl sites for hydroxylation is 1. The van der Waals surface area contributed by atoms with E-state index in [4.69, 9.17) is 0 Å². The van der Waals surface area contributed by atoms with E-state index in [1.807, 2.05) is 13.8 Å². The van der Waals surface area contributed by atoms with Gasteiger partial charge in [0.05, 0.1) is 17.6 Å². The lowest BCUT2D eigenvalue weighted by atomic mass is 9.90. The highest BCUT2D eigenvalue weighted by Crippen LogP contribution is 2.29. The third-order valence-electron chi connectivity index (χ3n) is 4.97. The van der Waals surface area contributed by atoms with Crippen molar-refractivity contribution >= 4 is 16.8 Å². The van der Waals surface area contributed by atoms with Gasteiger partial charge in [-0.3, -0.25) is 14.5 Å². The molecule has 1 amide bonds. The van der Waals surface area contributed by atoms with Gasteiger partial charge < -0.3 is 5.32 Å². The summed E-state index contributed by atoms with van der Waals surface area (Å²) in [6, 6.07) is 7.00. The Kier molecular flexibility index (Phi) is 6.07. The first-order valence-corrected chi connectivity index (χ1v) is 9.86. The quantitative estimate of drug-likeness (QED) is 0.545. The van der Waals surface area contributed by atoms with Gasteiger partial charge in [-0.1, -0.05) is 26.0 Å². The van der Waals surface area contributed by atoms with Crippen LogP contribution in [0.25, 0.3) is 10.9 Å². The third-order valence-corrected chi connectivity index (χ3v) is 4.97. The summed E-state index contributed by atoms with van der Waals surface area (Å²) in [5.74, 6) is -0.765. The molecule has 9 heteroatoms. The zero-order valence-electron chi connectivity index (χ0n) is 17.7. The van der Waals surface area contributed by atoms with Crippen molar-refractivity contribution in [3.05, 3.63) is 59.3 Å². The zero-order chi connectivity index (χ0) is 23.0. The normalized spacial score (nSPS) is 14.1. The number of nitrogens with zero attached hydrogens (tertiary/aromatic N) is 3. The number of alkyl halides is 3. The van der Waals surface area contributed by atoms with Crippen molar-refractivity contribution in [3.8, 4) is 0 Å². The zero-order valence-corrected chi connectivity index (χ0v) is 17.7. The molecular weight excluding hydrogens is 412 g/mol. The van der Waals surface area contributed by atoms with Gasteiger partial charge in [0, 0.05) is 17.3 Å². The number of halogens is 4. The van der Waals surface area contributed by atoms with Crippen LogP contribution in [0.5, 0.6) is 0 Å². The summed E-state index contributed by atoms with van der Waals surface area (Å²) in [6.45, 7) is 7.30. The number of benzene rings is 1. The average Bonchev–Trinajstić information content (AvgIpc) is 3.01. The Morgan fingerprint density at radius 1 is 1.23 bits per heavy atom. The molecule has 166 valence electrons. The molecule has 3 rings (SSSR count). The Morgan fingerprint density at radius 2 is 1.94 bits per heavy atom. The summed E-state index contributed by atoms with van der Waals surface area (Å²) in [5, 5.41) is 7.10. The smallest absolute Gasteiger partial charge is 0.345 e. The lowest BCUT2D eigenvalue weighted by Crippen LogP contribution is -2.50. The lowest BCUT2D eigenvalue weighted by molar-refractivity contribution is -0.141. The minimum absolute atomic E-state index is 0.0640. The van der Waals surface area contributed by atoms with E-state index in [1.54, 1.807) is 19.9 Å². The van der Waals surface area contributed by atoms with Gasteiger partial charge in [0.25, 0.3) is 5.91 Å². The summed E-state index contributed by atoms with van der Waals surface area (Å²) in [7, 11) is 0. The van der Waals surface area contributed by atoms with E-state index in [1.165, 1.54) is 29.1 Å². The highest BCUT2D eigenvalue weighted by Gasteiger charge is 2.36. The van der Waals surface area contributed by atoms with Gasteiger partial charge in [0.1, 0.15) is 11.3 Å². The Balaban J connectivity index is 1.88. The summed E-state index contributed by atoms with van der Waals surface area (Å²) >= 11 is 0. The average molecular weight is 436 g/mol. The number of para-hydroxylation sites is 1. The van der Waals surface area contributed by atoms with Crippen LogP contribution in [0.15, 0.2) is 36.5 Å². The largest absolute Gasteiger partial charge is 0.435 e. The highest BCUT2D eigenvalue weighted by molar-refractivity contribution is 5.97. The standard InChI is InChI=1S/C22H24F4N4O/c1-13(2)10-21(4,12-30-14(3)8-18(29-30)22(24,25)26)28-20(31)16-9-15-6-5-7-17(23)19(15)27-11-16/h5-9,11,13H,10,12H2,1-4H3,(H,28,31). The molecule has 0 aliphatic heterocycles. The van der Waals surface area contributed by atoms with Gasteiger partial charge in [0.2, 0.25) is 0 Å². The molecule has 0 saturated heterocycles. The number of hydrogen-bond donors (Lipinski definition) is 1. The van der Waals surface area contributed by atoms with Crippen LogP contribution in [0, 0.1) is 18.7 Å². The molecule has 1 unspecified atom stereocenters. The molecule has 31 heavy (non-hydrogen) atoms. The number of nitrogens with one attached hydrogen (secondary N) is 1. The Labute approximate surface area is 177 Å². The molecule has 3 aromatic rings. The molecule has 0 saturated carbocycles. The predicted molar refractivity (Wildman–Crippen MR) is 109 cm³/mol. The van der Waals surface area contributed by atoms with Gasteiger partial charge in [0.15, 0.2) is 5.69 Å². The Bertz CT molecular complexity index is 1110. The van der Waals surface area contributed by atoms with Crippen molar-refractivity contribution < 1.29 is 22.4 Å². The fourth-order valence-corrected chi connectivity index (χ4v) is 3.79. The van der Waals surface area contributed by atoms with Crippen LogP contribution < -0.4 is 5.32 Å². The van der Waals surface area contributed by atoms with Crippen molar-refractivity contribution in [1.29, 1.82) is 0 Å². The third kappa shape index (κ3) is 5.21. The van der Waals surface area contributed by atoms with Crippen LogP contribution in [0.2, 0.25) is 0 Å². The second kappa shape index (κ2) is 8.28. The van der Waals surface area contributed by atoms with E-state index >= 15 is 0 Å². The van der Waals surface area contributed by atoms with Crippen molar-refractivity contribution in [3.63, 3.8) is 0 Å². The number of aromatic nitrogens is 3. The van der Waals surface area contributed by atoms with E-state index in [-0.39, 0.29) is 23.5 Å². The summed E-state index contributed by atoms with van der Waals surface area (Å²) in [4.78, 5) is 17.0. The molecule has 1 aromatic carbocycles. The fourth-order valence-electron chi connectivity index (χ4n) is 3.79. The van der Waals surface area contributed by atoms with Crippen molar-refractivity contribution in [2.45, 2.75) is 52.4 Å². The Morgan fingerprint density at radius 3 is 2.55 bits per heavy atom. The molecule has 0 bridgehead atoms. The molecule has 0 aliphatic carbocycles. The molecule has 2 heterocycles. The summed E-state index contributed by atoms with van der Waals surface area (Å²) < 4.78 is 54.2. The minimum Gasteiger partial charge on any atom is -0.345 e. The second-order valence-corrected chi connectivity index (χ2v) is 8.47. The van der Waals surface area contributed by atoms with Crippen LogP contribution in [-0.2, 0) is 12.7 Å². The summed E-state index contributed by atoms with van der Waals surface area (Å²) in [6.07, 6.45) is -2.74. The number of carbonyl (C=O) groups excluding carboxylic acids is 1. The highest BCUT2D eigenvalue weighted by atomic mass is 19.4. The molecule has 0 aliphatic rings. The SMILES string of the molecule is Cc1cc(C(F)(F)F)nn1CC(C)(CC(C)C)NC(=O)c1cnc2c(F)cccc2c1. The van der Waals surface area contributed by atoms with E-state index in [0.29, 0.717) is 17.5 Å². The van der Waals surface area contributed by atoms with Crippen molar-refractivity contribution in [1.82, 2.24) is 20.1 Å². The lowest BCUT2D eigenvalue weighted by Gasteiger charge is -2.33. The minimum atomic E-state index is -4.54. The van der Waals surface area contributed by atoms with Crippen LogP contribution in [0.4, 0.5) is 17.6 Å². The van der Waals surface area contributed by atoms with Crippen LogP contribution in [-0.4, -0.2) is 26.2 Å². The van der Waals surface area contributed by atoms with Crippen molar-refractivity contribution in [2.75, 3.05) is 0 Å². The topological polar surface area (TPSA) is 59.8 Å². The number of hydrogen-bond acceptors (Lipinski definition) is 3. The number of rotatable bonds is 6. The maximum Gasteiger partial charge on any atom is 0.435 e. The molecule has 1 N–H and O–H groups in total. The first kappa shape index (κ1) is 22.7. The maximum atomic E-state index is 13.8. The van der Waals surface area contributed by atoms with Gasteiger partial charge in [-0.05, 0) is 44.4 Å². The maximum absolute atomic E-state index is 13.8. The second-order valence-electron chi connectivity index (χ2n) is 8.47. The summed E-state index contributed by atoms with van der Waals surface area (Å²) in [5.41, 5.74) is -1.10. The number of carbonyl (C=O) groups is 1. The van der Waals surface area contributed by atoms with Crippen LogP contribution in [0.3, 0.4) is 0 Å². The molecule has 0 fully saturated rings. The van der Waals surface area contributed by atoms with Gasteiger partial charge in [-0.25, -0.2) is 4.39 Å². The molecule has 0 radical (unpaired) electrons. The van der Waals surface area contributed by atoms with Crippen LogP contribution in [0.1, 0.15) is 48.9 Å². The predicted octanol–water partition coefficient (Wildman–Crippen LogP) is 5.13. The Hall–Kier alpha value is -2.97. The monoisotopic (exact) mass is 436 g/mol. The van der Waals surface area contributed by atoms with Gasteiger partial charge in [-0.2, -0.15) is 18.3 Å². The van der Waals surface area contributed by atoms with E-state index in [2.05, 4.69) is 15.4 Å².